The number of rotatable bonds is 6. The fraction of sp³-hybridized carbons (Fsp3) is 0.773. The van der Waals surface area contributed by atoms with Crippen LogP contribution in [0.1, 0.15) is 80.6 Å². The van der Waals surface area contributed by atoms with Gasteiger partial charge in [-0.05, 0) is 70.6 Å². The van der Waals surface area contributed by atoms with Gasteiger partial charge in [-0.1, -0.05) is 38.5 Å². The van der Waals surface area contributed by atoms with E-state index in [9.17, 15) is 9.90 Å². The Bertz CT molecular complexity index is 431. The highest BCUT2D eigenvalue weighted by Gasteiger charge is 2.31. The molecule has 0 spiro atoms. The molecule has 1 aliphatic rings. The summed E-state index contributed by atoms with van der Waals surface area (Å²) in [6.45, 7) is 17.7. The molecule has 1 fully saturated rings. The van der Waals surface area contributed by atoms with Gasteiger partial charge in [-0.25, -0.2) is 0 Å². The monoisotopic (exact) mass is 352 g/mol. The van der Waals surface area contributed by atoms with Crippen LogP contribution >= 0.6 is 0 Å². The standard InChI is InChI=1S/C12H22O2.C10H18O/c1-8(2)11-6-5-9(3)12(7-11)14-10(4)13;1-5-10(4,11)8-6-7-9(2)3/h8-9,11-12H,5-7H2,1-4H3;5,7,11H,1,6,8H2,2-4H3. The van der Waals surface area contributed by atoms with E-state index in [1.807, 2.05) is 0 Å². The molecule has 25 heavy (non-hydrogen) atoms. The zero-order valence-electron chi connectivity index (χ0n) is 17.5. The van der Waals surface area contributed by atoms with E-state index < -0.39 is 5.60 Å². The van der Waals surface area contributed by atoms with Crippen LogP contribution in [-0.4, -0.2) is 22.8 Å². The topological polar surface area (TPSA) is 46.5 Å². The van der Waals surface area contributed by atoms with Gasteiger partial charge < -0.3 is 9.84 Å². The molecule has 4 unspecified atom stereocenters. The molecule has 0 heterocycles. The summed E-state index contributed by atoms with van der Waals surface area (Å²) >= 11 is 0. The van der Waals surface area contributed by atoms with Crippen LogP contribution in [0.3, 0.4) is 0 Å². The molecular weight excluding hydrogens is 312 g/mol. The largest absolute Gasteiger partial charge is 0.462 e. The Balaban J connectivity index is 0.000000477. The molecule has 0 aromatic heterocycles. The molecule has 1 aliphatic carbocycles. The third-order valence-electron chi connectivity index (χ3n) is 5.07. The first-order chi connectivity index (χ1) is 11.5. The van der Waals surface area contributed by atoms with Gasteiger partial charge >= 0.3 is 5.97 Å². The molecule has 0 aliphatic heterocycles. The summed E-state index contributed by atoms with van der Waals surface area (Å²) in [6.07, 6.45) is 9.08. The summed E-state index contributed by atoms with van der Waals surface area (Å²) in [7, 11) is 0. The molecule has 0 aromatic carbocycles. The van der Waals surface area contributed by atoms with Gasteiger partial charge in [0.2, 0.25) is 0 Å². The lowest BCUT2D eigenvalue weighted by Crippen LogP contribution is -2.33. The van der Waals surface area contributed by atoms with Gasteiger partial charge in [-0.3, -0.25) is 4.79 Å². The minimum atomic E-state index is -0.702. The van der Waals surface area contributed by atoms with E-state index in [4.69, 9.17) is 4.74 Å². The average Bonchev–Trinajstić information content (AvgIpc) is 2.49. The molecule has 0 aromatic rings. The van der Waals surface area contributed by atoms with Gasteiger partial charge in [0.15, 0.2) is 0 Å². The molecule has 0 saturated heterocycles. The molecule has 146 valence electrons. The number of esters is 1. The summed E-state index contributed by atoms with van der Waals surface area (Å²) in [5.41, 5.74) is 0.594. The van der Waals surface area contributed by atoms with Crippen molar-refractivity contribution in [3.05, 3.63) is 24.3 Å². The third kappa shape index (κ3) is 11.2. The van der Waals surface area contributed by atoms with Gasteiger partial charge in [0.05, 0.1) is 5.60 Å². The van der Waals surface area contributed by atoms with Crippen LogP contribution in [0.5, 0.6) is 0 Å². The number of aliphatic hydroxyl groups is 1. The fourth-order valence-corrected chi connectivity index (χ4v) is 3.05. The van der Waals surface area contributed by atoms with Crippen LogP contribution in [-0.2, 0) is 9.53 Å². The second-order valence-corrected chi connectivity index (χ2v) is 8.32. The highest BCUT2D eigenvalue weighted by molar-refractivity contribution is 5.66. The first kappa shape index (κ1) is 23.9. The van der Waals surface area contributed by atoms with E-state index in [1.54, 1.807) is 13.0 Å². The van der Waals surface area contributed by atoms with Crippen molar-refractivity contribution in [2.24, 2.45) is 17.8 Å². The van der Waals surface area contributed by atoms with Crippen molar-refractivity contribution in [3.63, 3.8) is 0 Å². The number of carbonyl (C=O) groups excluding carboxylic acids is 1. The third-order valence-corrected chi connectivity index (χ3v) is 5.07. The van der Waals surface area contributed by atoms with Crippen molar-refractivity contribution in [1.82, 2.24) is 0 Å². The lowest BCUT2D eigenvalue weighted by atomic mass is 9.76. The molecule has 0 radical (unpaired) electrons. The molecule has 3 heteroatoms. The van der Waals surface area contributed by atoms with Crippen LogP contribution in [0.4, 0.5) is 0 Å². The zero-order valence-corrected chi connectivity index (χ0v) is 17.5. The van der Waals surface area contributed by atoms with E-state index in [2.05, 4.69) is 47.3 Å². The van der Waals surface area contributed by atoms with Crippen molar-refractivity contribution in [2.45, 2.75) is 92.3 Å². The highest BCUT2D eigenvalue weighted by atomic mass is 16.5. The predicted octanol–water partition coefficient (Wildman–Crippen LogP) is 5.68. The Morgan fingerprint density at radius 3 is 2.36 bits per heavy atom. The number of hydrogen-bond donors (Lipinski definition) is 1. The molecule has 1 rings (SSSR count). The van der Waals surface area contributed by atoms with Crippen molar-refractivity contribution in [1.29, 1.82) is 0 Å². The minimum absolute atomic E-state index is 0.133. The normalized spacial score (nSPS) is 25.2. The Morgan fingerprint density at radius 1 is 1.32 bits per heavy atom. The molecule has 1 saturated carbocycles. The van der Waals surface area contributed by atoms with Crippen molar-refractivity contribution in [2.75, 3.05) is 0 Å². The van der Waals surface area contributed by atoms with Gasteiger partial charge in [0, 0.05) is 6.92 Å². The van der Waals surface area contributed by atoms with E-state index in [0.29, 0.717) is 11.8 Å². The van der Waals surface area contributed by atoms with Gasteiger partial charge in [-0.2, -0.15) is 0 Å². The van der Waals surface area contributed by atoms with Crippen molar-refractivity contribution < 1.29 is 14.6 Å². The predicted molar refractivity (Wildman–Crippen MR) is 106 cm³/mol. The smallest absolute Gasteiger partial charge is 0.302 e. The van der Waals surface area contributed by atoms with Crippen molar-refractivity contribution in [3.8, 4) is 0 Å². The van der Waals surface area contributed by atoms with Crippen LogP contribution in [0.2, 0.25) is 0 Å². The SMILES string of the molecule is C=CC(C)(O)CCC=C(C)C.CC(=O)OC1CC(C(C)C)CCC1C. The van der Waals surface area contributed by atoms with Crippen LogP contribution in [0.15, 0.2) is 24.3 Å². The maximum absolute atomic E-state index is 10.9. The Labute approximate surface area is 155 Å². The Hall–Kier alpha value is -1.09. The van der Waals surface area contributed by atoms with Gasteiger partial charge in [0.25, 0.3) is 0 Å². The summed E-state index contributed by atoms with van der Waals surface area (Å²) in [5.74, 6) is 1.84. The number of allylic oxidation sites excluding steroid dienone is 2. The average molecular weight is 353 g/mol. The molecule has 1 N–H and O–H groups in total. The Kier molecular flexibility index (Phi) is 11.0. The molecule has 0 bridgehead atoms. The van der Waals surface area contributed by atoms with E-state index in [-0.39, 0.29) is 12.1 Å². The first-order valence-electron chi connectivity index (χ1n) is 9.65. The number of hydrogen-bond acceptors (Lipinski definition) is 3. The van der Waals surface area contributed by atoms with E-state index in [1.165, 1.54) is 25.3 Å². The summed E-state index contributed by atoms with van der Waals surface area (Å²) in [4.78, 5) is 10.9. The molecule has 3 nitrogen and oxygen atoms in total. The summed E-state index contributed by atoms with van der Waals surface area (Å²) < 4.78 is 5.34. The first-order valence-corrected chi connectivity index (χ1v) is 9.65. The summed E-state index contributed by atoms with van der Waals surface area (Å²) in [6, 6.07) is 0. The highest BCUT2D eigenvalue weighted by Crippen LogP contribution is 2.34. The second kappa shape index (κ2) is 11.5. The van der Waals surface area contributed by atoms with Gasteiger partial charge in [0.1, 0.15) is 6.10 Å². The molecular formula is C22H40O3. The quantitative estimate of drug-likeness (QED) is 0.494. The maximum Gasteiger partial charge on any atom is 0.302 e. The fourth-order valence-electron chi connectivity index (χ4n) is 3.05. The van der Waals surface area contributed by atoms with E-state index in [0.717, 1.165) is 25.2 Å². The Morgan fingerprint density at radius 2 is 1.92 bits per heavy atom. The summed E-state index contributed by atoms with van der Waals surface area (Å²) in [5, 5.41) is 9.49. The van der Waals surface area contributed by atoms with Crippen LogP contribution in [0.25, 0.3) is 0 Å². The molecule has 0 amide bonds. The van der Waals surface area contributed by atoms with Crippen LogP contribution < -0.4 is 0 Å². The van der Waals surface area contributed by atoms with Gasteiger partial charge in [-0.15, -0.1) is 6.58 Å². The molecule has 4 atom stereocenters. The van der Waals surface area contributed by atoms with E-state index >= 15 is 0 Å². The zero-order chi connectivity index (χ0) is 19.6. The lowest BCUT2D eigenvalue weighted by molar-refractivity contribution is -0.151. The number of carbonyl (C=O) groups is 1. The maximum atomic E-state index is 10.9. The lowest BCUT2D eigenvalue weighted by Gasteiger charge is -2.35. The van der Waals surface area contributed by atoms with Crippen molar-refractivity contribution >= 4 is 5.97 Å². The number of ether oxygens (including phenoxy) is 1. The second-order valence-electron chi connectivity index (χ2n) is 8.32. The minimum Gasteiger partial charge on any atom is -0.462 e. The van der Waals surface area contributed by atoms with Crippen LogP contribution in [0, 0.1) is 17.8 Å².